The lowest BCUT2D eigenvalue weighted by Crippen LogP contribution is -2.34. The van der Waals surface area contributed by atoms with Crippen molar-refractivity contribution in [1.29, 1.82) is 0 Å². The molecule has 1 aliphatic heterocycles. The normalized spacial score (nSPS) is 17.7. The minimum absolute atomic E-state index is 0.0120. The monoisotopic (exact) mass is 316 g/mol. The van der Waals surface area contributed by atoms with Crippen molar-refractivity contribution in [2.75, 3.05) is 13.6 Å². The van der Waals surface area contributed by atoms with Crippen LogP contribution in [0.4, 0.5) is 0 Å². The van der Waals surface area contributed by atoms with E-state index in [-0.39, 0.29) is 24.2 Å². The third-order valence-electron chi connectivity index (χ3n) is 4.06. The molecule has 122 valence electrons. The first-order valence-electron chi connectivity index (χ1n) is 7.63. The van der Waals surface area contributed by atoms with E-state index in [1.165, 1.54) is 0 Å². The quantitative estimate of drug-likeness (QED) is 0.848. The molecule has 0 radical (unpaired) electrons. The first-order chi connectivity index (χ1) is 11.0. The Morgan fingerprint density at radius 2 is 2.17 bits per heavy atom. The summed E-state index contributed by atoms with van der Waals surface area (Å²) >= 11 is 0. The van der Waals surface area contributed by atoms with Crippen LogP contribution in [0.3, 0.4) is 0 Å². The molecular weight excluding hydrogens is 296 g/mol. The molecule has 0 bridgehead atoms. The summed E-state index contributed by atoms with van der Waals surface area (Å²) in [7, 11) is 1.74. The van der Waals surface area contributed by atoms with E-state index in [4.69, 9.17) is 8.83 Å². The number of amides is 2. The lowest BCUT2D eigenvalue weighted by atomic mass is 10.1. The summed E-state index contributed by atoms with van der Waals surface area (Å²) in [6.45, 7) is 3.12. The fourth-order valence-corrected chi connectivity index (χ4v) is 2.87. The van der Waals surface area contributed by atoms with Gasteiger partial charge < -0.3 is 18.6 Å². The zero-order valence-electron chi connectivity index (χ0n) is 13.3. The molecule has 1 fully saturated rings. The minimum Gasteiger partial charge on any atom is -0.467 e. The summed E-state index contributed by atoms with van der Waals surface area (Å²) in [5, 5.41) is 0. The standard InChI is InChI=1S/C17H20N2O4/c1-12-5-6-15(23-12)10-18(2)17(21)13-8-16(20)19(9-13)11-14-4-3-7-22-14/h3-7,13H,8-11H2,1-2H3. The summed E-state index contributed by atoms with van der Waals surface area (Å²) in [4.78, 5) is 27.9. The number of hydrogen-bond donors (Lipinski definition) is 0. The van der Waals surface area contributed by atoms with E-state index < -0.39 is 0 Å². The van der Waals surface area contributed by atoms with Crippen LogP contribution in [0.5, 0.6) is 0 Å². The number of hydrogen-bond acceptors (Lipinski definition) is 4. The van der Waals surface area contributed by atoms with Gasteiger partial charge in [-0.2, -0.15) is 0 Å². The smallest absolute Gasteiger partial charge is 0.228 e. The molecule has 2 aromatic heterocycles. The SMILES string of the molecule is Cc1ccc(CN(C)C(=O)C2CC(=O)N(Cc3ccco3)C2)o1. The highest BCUT2D eigenvalue weighted by atomic mass is 16.3. The van der Waals surface area contributed by atoms with Crippen molar-refractivity contribution in [2.24, 2.45) is 5.92 Å². The Labute approximate surface area is 134 Å². The number of nitrogens with zero attached hydrogens (tertiary/aromatic N) is 2. The van der Waals surface area contributed by atoms with E-state index in [1.54, 1.807) is 29.2 Å². The second-order valence-corrected chi connectivity index (χ2v) is 5.96. The van der Waals surface area contributed by atoms with Gasteiger partial charge in [-0.15, -0.1) is 0 Å². The Balaban J connectivity index is 1.58. The van der Waals surface area contributed by atoms with Gasteiger partial charge in [0.05, 0.1) is 25.3 Å². The fraction of sp³-hybridized carbons (Fsp3) is 0.412. The molecule has 3 heterocycles. The molecule has 1 unspecified atom stereocenters. The Kier molecular flexibility index (Phi) is 4.23. The van der Waals surface area contributed by atoms with Gasteiger partial charge in [-0.05, 0) is 31.2 Å². The number of furan rings is 2. The van der Waals surface area contributed by atoms with Gasteiger partial charge >= 0.3 is 0 Å². The highest BCUT2D eigenvalue weighted by Gasteiger charge is 2.36. The van der Waals surface area contributed by atoms with Crippen LogP contribution in [0.25, 0.3) is 0 Å². The van der Waals surface area contributed by atoms with Crippen molar-refractivity contribution in [3.05, 3.63) is 47.8 Å². The van der Waals surface area contributed by atoms with Gasteiger partial charge in [-0.1, -0.05) is 0 Å². The molecule has 0 aromatic carbocycles. The molecule has 6 heteroatoms. The van der Waals surface area contributed by atoms with E-state index in [1.807, 2.05) is 25.1 Å². The van der Waals surface area contributed by atoms with Crippen LogP contribution in [0.15, 0.2) is 39.4 Å². The second kappa shape index (κ2) is 6.32. The summed E-state index contributed by atoms with van der Waals surface area (Å²) in [6, 6.07) is 7.35. The van der Waals surface area contributed by atoms with Crippen LogP contribution in [-0.2, 0) is 22.7 Å². The van der Waals surface area contributed by atoms with E-state index in [0.29, 0.717) is 19.6 Å². The molecule has 1 atom stereocenters. The van der Waals surface area contributed by atoms with E-state index in [0.717, 1.165) is 17.3 Å². The number of likely N-dealkylation sites (tertiary alicyclic amines) is 1. The topological polar surface area (TPSA) is 66.9 Å². The molecule has 0 saturated carbocycles. The summed E-state index contributed by atoms with van der Waals surface area (Å²) in [5.74, 6) is 1.94. The van der Waals surface area contributed by atoms with E-state index in [9.17, 15) is 9.59 Å². The molecule has 1 aliphatic rings. The van der Waals surface area contributed by atoms with E-state index >= 15 is 0 Å². The number of rotatable bonds is 5. The molecule has 0 N–H and O–H groups in total. The molecule has 0 aliphatic carbocycles. The average molecular weight is 316 g/mol. The second-order valence-electron chi connectivity index (χ2n) is 5.96. The maximum Gasteiger partial charge on any atom is 0.228 e. The van der Waals surface area contributed by atoms with Gasteiger partial charge in [0.2, 0.25) is 11.8 Å². The number of aryl methyl sites for hydroxylation is 1. The van der Waals surface area contributed by atoms with Crippen LogP contribution in [0.2, 0.25) is 0 Å². The van der Waals surface area contributed by atoms with Gasteiger partial charge in [0.1, 0.15) is 17.3 Å². The lowest BCUT2D eigenvalue weighted by molar-refractivity contribution is -0.135. The van der Waals surface area contributed by atoms with Crippen molar-refractivity contribution >= 4 is 11.8 Å². The minimum atomic E-state index is -0.307. The maximum absolute atomic E-state index is 12.5. The van der Waals surface area contributed by atoms with Gasteiger partial charge in [-0.25, -0.2) is 0 Å². The third-order valence-corrected chi connectivity index (χ3v) is 4.06. The number of carbonyl (C=O) groups excluding carboxylic acids is 2. The van der Waals surface area contributed by atoms with Gasteiger partial charge in [0.15, 0.2) is 0 Å². The first-order valence-corrected chi connectivity index (χ1v) is 7.63. The highest BCUT2D eigenvalue weighted by molar-refractivity contribution is 5.89. The summed E-state index contributed by atoms with van der Waals surface area (Å²) in [6.07, 6.45) is 1.83. The van der Waals surface area contributed by atoms with Crippen LogP contribution >= 0.6 is 0 Å². The molecule has 23 heavy (non-hydrogen) atoms. The molecule has 3 rings (SSSR count). The van der Waals surface area contributed by atoms with Crippen molar-refractivity contribution in [2.45, 2.75) is 26.4 Å². The van der Waals surface area contributed by atoms with Crippen molar-refractivity contribution in [3.63, 3.8) is 0 Å². The predicted molar refractivity (Wildman–Crippen MR) is 82.2 cm³/mol. The van der Waals surface area contributed by atoms with Crippen LogP contribution < -0.4 is 0 Å². The highest BCUT2D eigenvalue weighted by Crippen LogP contribution is 2.23. The first kappa shape index (κ1) is 15.4. The van der Waals surface area contributed by atoms with Gasteiger partial charge in [0.25, 0.3) is 0 Å². The van der Waals surface area contributed by atoms with Crippen LogP contribution in [0.1, 0.15) is 23.7 Å². The fourth-order valence-electron chi connectivity index (χ4n) is 2.87. The molecule has 6 nitrogen and oxygen atoms in total. The summed E-state index contributed by atoms with van der Waals surface area (Å²) < 4.78 is 10.8. The van der Waals surface area contributed by atoms with Crippen molar-refractivity contribution in [3.8, 4) is 0 Å². The zero-order chi connectivity index (χ0) is 16.4. The lowest BCUT2D eigenvalue weighted by Gasteiger charge is -2.20. The molecule has 2 aromatic rings. The van der Waals surface area contributed by atoms with Crippen LogP contribution in [0, 0.1) is 12.8 Å². The van der Waals surface area contributed by atoms with Gasteiger partial charge in [-0.3, -0.25) is 9.59 Å². The molecule has 1 saturated heterocycles. The Bertz CT molecular complexity index is 689. The van der Waals surface area contributed by atoms with E-state index in [2.05, 4.69) is 0 Å². The van der Waals surface area contributed by atoms with Crippen molar-refractivity contribution < 1.29 is 18.4 Å². The maximum atomic E-state index is 12.5. The summed E-state index contributed by atoms with van der Waals surface area (Å²) in [5.41, 5.74) is 0. The van der Waals surface area contributed by atoms with Gasteiger partial charge in [0, 0.05) is 20.0 Å². The molecular formula is C17H20N2O4. The average Bonchev–Trinajstić information content (AvgIpc) is 3.23. The Morgan fingerprint density at radius 1 is 1.35 bits per heavy atom. The molecule has 2 amide bonds. The van der Waals surface area contributed by atoms with Crippen molar-refractivity contribution in [1.82, 2.24) is 9.80 Å². The van der Waals surface area contributed by atoms with Crippen LogP contribution in [-0.4, -0.2) is 35.2 Å². The Morgan fingerprint density at radius 3 is 2.83 bits per heavy atom. The number of carbonyl (C=O) groups is 2. The zero-order valence-corrected chi connectivity index (χ0v) is 13.3. The molecule has 0 spiro atoms. The third kappa shape index (κ3) is 3.47. The Hall–Kier alpha value is -2.50. The predicted octanol–water partition coefficient (Wildman–Crippen LogP) is 2.19. The largest absolute Gasteiger partial charge is 0.467 e.